The summed E-state index contributed by atoms with van der Waals surface area (Å²) in [4.78, 5) is 25.7. The molecule has 1 atom stereocenters. The molecule has 0 aliphatic heterocycles. The van der Waals surface area contributed by atoms with E-state index in [1.54, 1.807) is 14.1 Å². The summed E-state index contributed by atoms with van der Waals surface area (Å²) in [6, 6.07) is 7.42. The molecule has 0 radical (unpaired) electrons. The van der Waals surface area contributed by atoms with E-state index in [9.17, 15) is 9.59 Å². The number of carbonyl (C=O) groups is 2. The molecule has 2 N–H and O–H groups in total. The van der Waals surface area contributed by atoms with E-state index in [2.05, 4.69) is 21.2 Å². The molecule has 0 aliphatic rings. The second-order valence-corrected chi connectivity index (χ2v) is 5.48. The fraction of sp³-hybridized carbons (Fsp3) is 0.385. The number of hydrogen-bond acceptors (Lipinski definition) is 2. The number of rotatable bonds is 5. The minimum atomic E-state index is -0.115. The largest absolute Gasteiger partial charge is 0.344 e. The van der Waals surface area contributed by atoms with Gasteiger partial charge in [0.1, 0.15) is 0 Å². The number of nitrogens with one attached hydrogen (secondary N) is 2. The van der Waals surface area contributed by atoms with Crippen molar-refractivity contribution < 1.29 is 14.5 Å². The van der Waals surface area contributed by atoms with Crippen LogP contribution in [-0.4, -0.2) is 50.9 Å². The van der Waals surface area contributed by atoms with Crippen LogP contribution in [0.15, 0.2) is 28.7 Å². The number of carbonyl (C=O) groups excluding carboxylic acids is 2. The Morgan fingerprint density at radius 3 is 2.47 bits per heavy atom. The number of nitrogens with zero attached hydrogens (tertiary/aromatic N) is 1. The van der Waals surface area contributed by atoms with Crippen molar-refractivity contribution in [2.75, 3.05) is 39.5 Å². The summed E-state index contributed by atoms with van der Waals surface area (Å²) >= 11 is 3.37. The fourth-order valence-electron chi connectivity index (χ4n) is 1.51. The highest BCUT2D eigenvalue weighted by Crippen LogP contribution is 2.20. The average Bonchev–Trinajstić information content (AvgIpc) is 2.31. The Balaban J connectivity index is 2.48. The second kappa shape index (κ2) is 7.25. The summed E-state index contributed by atoms with van der Waals surface area (Å²) in [7, 11) is 5.23. The first-order chi connectivity index (χ1) is 8.90. The molecule has 0 saturated heterocycles. The molecule has 1 aromatic carbocycles. The Bertz CT molecular complexity index is 463. The van der Waals surface area contributed by atoms with Crippen LogP contribution in [0.5, 0.6) is 0 Å². The van der Waals surface area contributed by atoms with E-state index in [-0.39, 0.29) is 18.4 Å². The Hall–Kier alpha value is -1.40. The smallest absolute Gasteiger partial charge is 0.279 e. The summed E-state index contributed by atoms with van der Waals surface area (Å²) in [5, 5.41) is 2.81. The van der Waals surface area contributed by atoms with Crippen LogP contribution >= 0.6 is 15.9 Å². The highest BCUT2D eigenvalue weighted by atomic mass is 79.9. The first kappa shape index (κ1) is 15.7. The van der Waals surface area contributed by atoms with Crippen LogP contribution in [0, 0.1) is 0 Å². The van der Waals surface area contributed by atoms with Crippen LogP contribution < -0.4 is 10.2 Å². The number of amides is 2. The van der Waals surface area contributed by atoms with Gasteiger partial charge in [0.25, 0.3) is 11.8 Å². The van der Waals surface area contributed by atoms with Gasteiger partial charge in [-0.15, -0.1) is 0 Å². The topological polar surface area (TPSA) is 53.9 Å². The lowest BCUT2D eigenvalue weighted by Crippen LogP contribution is -3.11. The van der Waals surface area contributed by atoms with Gasteiger partial charge in [0.15, 0.2) is 13.1 Å². The van der Waals surface area contributed by atoms with Crippen molar-refractivity contribution in [2.24, 2.45) is 0 Å². The molecule has 0 heterocycles. The van der Waals surface area contributed by atoms with Gasteiger partial charge in [-0.25, -0.2) is 0 Å². The van der Waals surface area contributed by atoms with Gasteiger partial charge in [0, 0.05) is 18.6 Å². The molecule has 1 rings (SSSR count). The third-order valence-corrected chi connectivity index (χ3v) is 3.25. The minimum absolute atomic E-state index is 0.00573. The first-order valence-electron chi connectivity index (χ1n) is 5.96. The van der Waals surface area contributed by atoms with E-state index in [1.807, 2.05) is 31.3 Å². The summed E-state index contributed by atoms with van der Waals surface area (Å²) in [6.45, 7) is 0.553. The molecule has 0 aromatic heterocycles. The van der Waals surface area contributed by atoms with Gasteiger partial charge in [-0.1, -0.05) is 12.1 Å². The van der Waals surface area contributed by atoms with Crippen molar-refractivity contribution in [3.8, 4) is 0 Å². The molecular formula is C13H19BrN3O2+. The van der Waals surface area contributed by atoms with Crippen LogP contribution in [-0.2, 0) is 9.59 Å². The molecule has 104 valence electrons. The molecule has 0 fully saturated rings. The fourth-order valence-corrected chi connectivity index (χ4v) is 1.89. The molecule has 0 bridgehead atoms. The molecule has 2 amide bonds. The van der Waals surface area contributed by atoms with Gasteiger partial charge >= 0.3 is 0 Å². The maximum Gasteiger partial charge on any atom is 0.279 e. The predicted octanol–water partition coefficient (Wildman–Crippen LogP) is -0.00950. The monoisotopic (exact) mass is 328 g/mol. The van der Waals surface area contributed by atoms with Crippen LogP contribution in [0.3, 0.4) is 0 Å². The van der Waals surface area contributed by atoms with Crippen molar-refractivity contribution in [1.82, 2.24) is 4.90 Å². The predicted molar refractivity (Wildman–Crippen MR) is 78.1 cm³/mol. The third-order valence-electron chi connectivity index (χ3n) is 2.56. The average molecular weight is 329 g/mol. The van der Waals surface area contributed by atoms with Crippen LogP contribution in [0.2, 0.25) is 0 Å². The van der Waals surface area contributed by atoms with Crippen molar-refractivity contribution in [1.29, 1.82) is 0 Å². The van der Waals surface area contributed by atoms with Gasteiger partial charge in [-0.05, 0) is 28.1 Å². The highest BCUT2D eigenvalue weighted by Gasteiger charge is 2.15. The number of halogens is 1. The molecule has 19 heavy (non-hydrogen) atoms. The van der Waals surface area contributed by atoms with E-state index in [4.69, 9.17) is 0 Å². The number of para-hydroxylation sites is 1. The summed E-state index contributed by atoms with van der Waals surface area (Å²) in [5.74, 6) is -0.109. The van der Waals surface area contributed by atoms with Crippen molar-refractivity contribution in [2.45, 2.75) is 0 Å². The zero-order chi connectivity index (χ0) is 14.4. The lowest BCUT2D eigenvalue weighted by atomic mass is 10.3. The van der Waals surface area contributed by atoms with Crippen molar-refractivity contribution >= 4 is 33.4 Å². The molecule has 6 heteroatoms. The summed E-state index contributed by atoms with van der Waals surface area (Å²) < 4.78 is 0.838. The third kappa shape index (κ3) is 5.40. The molecule has 1 unspecified atom stereocenters. The number of benzene rings is 1. The number of likely N-dealkylation sites (N-methyl/N-ethyl adjacent to an activating group) is 2. The van der Waals surface area contributed by atoms with Gasteiger partial charge in [0.2, 0.25) is 0 Å². The minimum Gasteiger partial charge on any atom is -0.344 e. The SMILES string of the molecule is CN(C)C(=O)C[NH+](C)CC(=O)Nc1ccccc1Br. The molecule has 0 saturated carbocycles. The van der Waals surface area contributed by atoms with Gasteiger partial charge < -0.3 is 15.1 Å². The second-order valence-electron chi connectivity index (χ2n) is 4.63. The summed E-state index contributed by atoms with van der Waals surface area (Å²) in [5.41, 5.74) is 0.735. The van der Waals surface area contributed by atoms with E-state index in [1.165, 1.54) is 4.90 Å². The molecule has 1 aromatic rings. The van der Waals surface area contributed by atoms with Crippen LogP contribution in [0.25, 0.3) is 0 Å². The van der Waals surface area contributed by atoms with E-state index < -0.39 is 0 Å². The van der Waals surface area contributed by atoms with Gasteiger partial charge in [-0.3, -0.25) is 9.59 Å². The maximum atomic E-state index is 11.8. The van der Waals surface area contributed by atoms with Gasteiger partial charge in [-0.2, -0.15) is 0 Å². The van der Waals surface area contributed by atoms with Crippen LogP contribution in [0.1, 0.15) is 0 Å². The van der Waals surface area contributed by atoms with Crippen LogP contribution in [0.4, 0.5) is 5.69 Å². The zero-order valence-corrected chi connectivity index (χ0v) is 13.0. The standard InChI is InChI=1S/C13H18BrN3O2/c1-16(2)13(19)9-17(3)8-12(18)15-11-7-5-4-6-10(11)14/h4-7H,8-9H2,1-3H3,(H,15,18)/p+1. The van der Waals surface area contributed by atoms with E-state index >= 15 is 0 Å². The molecule has 0 aliphatic carbocycles. The van der Waals surface area contributed by atoms with Gasteiger partial charge in [0.05, 0.1) is 12.7 Å². The Kier molecular flexibility index (Phi) is 5.98. The highest BCUT2D eigenvalue weighted by molar-refractivity contribution is 9.10. The van der Waals surface area contributed by atoms with E-state index in [0.717, 1.165) is 15.1 Å². The summed E-state index contributed by atoms with van der Waals surface area (Å²) in [6.07, 6.45) is 0. The normalized spacial score (nSPS) is 11.8. The van der Waals surface area contributed by atoms with Crippen molar-refractivity contribution in [3.63, 3.8) is 0 Å². The molecule has 5 nitrogen and oxygen atoms in total. The quantitative estimate of drug-likeness (QED) is 0.798. The lowest BCUT2D eigenvalue weighted by Gasteiger charge is -2.16. The van der Waals surface area contributed by atoms with Crippen molar-refractivity contribution in [3.05, 3.63) is 28.7 Å². The molecule has 0 spiro atoms. The Labute approximate surface area is 121 Å². The number of hydrogen-bond donors (Lipinski definition) is 2. The Morgan fingerprint density at radius 2 is 1.89 bits per heavy atom. The van der Waals surface area contributed by atoms with E-state index in [0.29, 0.717) is 6.54 Å². The lowest BCUT2D eigenvalue weighted by molar-refractivity contribution is -0.862. The number of quaternary nitrogens is 1. The first-order valence-corrected chi connectivity index (χ1v) is 6.75. The molecular weight excluding hydrogens is 310 g/mol. The Morgan fingerprint density at radius 1 is 1.26 bits per heavy atom. The zero-order valence-electron chi connectivity index (χ0n) is 11.4. The maximum absolute atomic E-state index is 11.8. The number of anilines is 1.